The maximum absolute atomic E-state index is 13.7. The van der Waals surface area contributed by atoms with Crippen LogP contribution in [0, 0.1) is 13.8 Å². The molecule has 196 valence electrons. The van der Waals surface area contributed by atoms with E-state index in [1.807, 2.05) is 63.2 Å². The van der Waals surface area contributed by atoms with Crippen molar-refractivity contribution >= 4 is 50.9 Å². The molecule has 0 aliphatic rings. The summed E-state index contributed by atoms with van der Waals surface area (Å²) < 4.78 is 6.92. The van der Waals surface area contributed by atoms with E-state index in [-0.39, 0.29) is 25.0 Å². The summed E-state index contributed by atoms with van der Waals surface area (Å²) in [7, 11) is 0. The van der Waals surface area contributed by atoms with Crippen molar-refractivity contribution in [3.63, 3.8) is 0 Å². The summed E-state index contributed by atoms with van der Waals surface area (Å²) >= 11 is 15.9. The molecule has 2 amide bonds. The predicted octanol–water partition coefficient (Wildman–Crippen LogP) is 6.92. The van der Waals surface area contributed by atoms with E-state index >= 15 is 0 Å². The van der Waals surface area contributed by atoms with E-state index in [0.717, 1.165) is 33.1 Å². The van der Waals surface area contributed by atoms with Crippen LogP contribution in [0.2, 0.25) is 10.0 Å². The molecule has 0 saturated carbocycles. The molecule has 3 aromatic rings. The lowest BCUT2D eigenvalue weighted by molar-refractivity contribution is -0.142. The van der Waals surface area contributed by atoms with Crippen LogP contribution in [0.5, 0.6) is 5.75 Å². The van der Waals surface area contributed by atoms with Gasteiger partial charge in [0.05, 0.1) is 10.0 Å². The molecule has 0 aliphatic carbocycles. The second-order valence-electron chi connectivity index (χ2n) is 8.93. The fourth-order valence-electron chi connectivity index (χ4n) is 3.97. The zero-order valence-electron chi connectivity index (χ0n) is 21.2. The van der Waals surface area contributed by atoms with Crippen LogP contribution in [0.15, 0.2) is 65.1 Å². The largest absolute Gasteiger partial charge is 0.484 e. The van der Waals surface area contributed by atoms with Crippen molar-refractivity contribution in [2.75, 3.05) is 13.2 Å². The van der Waals surface area contributed by atoms with Gasteiger partial charge in [-0.25, -0.2) is 0 Å². The third-order valence-electron chi connectivity index (χ3n) is 5.93. The maximum Gasteiger partial charge on any atom is 0.261 e. The number of hydrogen-bond donors (Lipinski definition) is 1. The molecule has 37 heavy (non-hydrogen) atoms. The fourth-order valence-corrected chi connectivity index (χ4v) is 4.52. The van der Waals surface area contributed by atoms with Gasteiger partial charge < -0.3 is 15.0 Å². The van der Waals surface area contributed by atoms with Crippen molar-refractivity contribution in [3.8, 4) is 5.75 Å². The Hall–Kier alpha value is -2.54. The number of ether oxygens (including phenoxy) is 1. The molecule has 3 aromatic carbocycles. The molecule has 1 atom stereocenters. The highest BCUT2D eigenvalue weighted by Crippen LogP contribution is 2.27. The van der Waals surface area contributed by atoms with Gasteiger partial charge >= 0.3 is 0 Å². The number of aryl methyl sites for hydroxylation is 2. The summed E-state index contributed by atoms with van der Waals surface area (Å²) in [6.07, 6.45) is 1.15. The Kier molecular flexibility index (Phi) is 10.9. The number of nitrogens with zero attached hydrogens (tertiary/aromatic N) is 1. The summed E-state index contributed by atoms with van der Waals surface area (Å²) in [5.41, 5.74) is 3.73. The van der Waals surface area contributed by atoms with E-state index < -0.39 is 6.04 Å². The van der Waals surface area contributed by atoms with Crippen LogP contribution in [0.3, 0.4) is 0 Å². The van der Waals surface area contributed by atoms with Gasteiger partial charge in [0.25, 0.3) is 5.91 Å². The number of carbonyl (C=O) groups is 2. The highest BCUT2D eigenvalue weighted by Gasteiger charge is 2.30. The quantitative estimate of drug-likeness (QED) is 0.258. The molecule has 0 aliphatic heterocycles. The van der Waals surface area contributed by atoms with Gasteiger partial charge in [-0.3, -0.25) is 9.59 Å². The minimum atomic E-state index is -0.743. The number of rotatable bonds is 11. The average Bonchev–Trinajstić information content (AvgIpc) is 2.89. The highest BCUT2D eigenvalue weighted by atomic mass is 79.9. The zero-order chi connectivity index (χ0) is 26.9. The number of hydrogen-bond acceptors (Lipinski definition) is 3. The second-order valence-corrected chi connectivity index (χ2v) is 10.5. The molecule has 0 fully saturated rings. The Balaban J connectivity index is 1.93. The van der Waals surface area contributed by atoms with Crippen molar-refractivity contribution in [3.05, 3.63) is 97.4 Å². The summed E-state index contributed by atoms with van der Waals surface area (Å²) in [4.78, 5) is 28.6. The zero-order valence-corrected chi connectivity index (χ0v) is 24.3. The number of carbonyl (C=O) groups excluding carboxylic acids is 2. The SMILES string of the molecule is CCCNC(=O)C(Cc1ccccc1)N(Cc1ccc(Cl)c(Cl)c1)C(=O)COc1cc(C)c(Br)c(C)c1. The smallest absolute Gasteiger partial charge is 0.261 e. The standard InChI is InChI=1S/C29H31BrCl2N2O3/c1-4-12-33-29(36)26(16-21-8-6-5-7-9-21)34(17-22-10-11-24(31)25(32)15-22)27(35)18-37-23-13-19(2)28(30)20(3)14-23/h5-11,13-15,26H,4,12,16-18H2,1-3H3,(H,33,36). The van der Waals surface area contributed by atoms with Crippen molar-refractivity contribution in [2.45, 2.75) is 46.2 Å². The second kappa shape index (κ2) is 13.8. The van der Waals surface area contributed by atoms with Crippen molar-refractivity contribution in [1.29, 1.82) is 0 Å². The molecule has 1 N–H and O–H groups in total. The Morgan fingerprint density at radius 1 is 0.973 bits per heavy atom. The topological polar surface area (TPSA) is 58.6 Å². The van der Waals surface area contributed by atoms with E-state index in [1.165, 1.54) is 0 Å². The number of nitrogens with one attached hydrogen (secondary N) is 1. The molecule has 0 spiro atoms. The molecule has 8 heteroatoms. The summed E-state index contributed by atoms with van der Waals surface area (Å²) in [5.74, 6) is 0.0717. The third kappa shape index (κ3) is 8.22. The van der Waals surface area contributed by atoms with Crippen molar-refractivity contribution < 1.29 is 14.3 Å². The minimum absolute atomic E-state index is 0.175. The number of halogens is 3. The first kappa shape index (κ1) is 29.0. The Bertz CT molecular complexity index is 1210. The predicted molar refractivity (Wildman–Crippen MR) is 153 cm³/mol. The first-order chi connectivity index (χ1) is 17.7. The molecule has 3 rings (SSSR count). The van der Waals surface area contributed by atoms with Gasteiger partial charge in [0, 0.05) is 24.0 Å². The van der Waals surface area contributed by atoms with Crippen molar-refractivity contribution in [2.24, 2.45) is 0 Å². The van der Waals surface area contributed by atoms with Gasteiger partial charge in [0.1, 0.15) is 11.8 Å². The number of amides is 2. The summed E-state index contributed by atoms with van der Waals surface area (Å²) in [6.45, 7) is 6.41. The highest BCUT2D eigenvalue weighted by molar-refractivity contribution is 9.10. The first-order valence-electron chi connectivity index (χ1n) is 12.1. The van der Waals surface area contributed by atoms with Gasteiger partial charge in [0.15, 0.2) is 6.61 Å². The van der Waals surface area contributed by atoms with Crippen molar-refractivity contribution in [1.82, 2.24) is 10.2 Å². The molecule has 0 saturated heterocycles. The monoisotopic (exact) mass is 604 g/mol. The van der Waals surface area contributed by atoms with E-state index in [0.29, 0.717) is 28.8 Å². The average molecular weight is 606 g/mol. The van der Waals surface area contributed by atoms with E-state index in [4.69, 9.17) is 27.9 Å². The first-order valence-corrected chi connectivity index (χ1v) is 13.7. The Morgan fingerprint density at radius 3 is 2.27 bits per heavy atom. The molecule has 0 bridgehead atoms. The van der Waals surface area contributed by atoms with Gasteiger partial charge in [-0.05, 0) is 66.8 Å². The lowest BCUT2D eigenvalue weighted by Crippen LogP contribution is -2.51. The lowest BCUT2D eigenvalue weighted by Gasteiger charge is -2.31. The van der Waals surface area contributed by atoms with E-state index in [1.54, 1.807) is 23.1 Å². The molecule has 0 radical (unpaired) electrons. The van der Waals surface area contributed by atoms with Gasteiger partial charge in [-0.15, -0.1) is 0 Å². The Morgan fingerprint density at radius 2 is 1.65 bits per heavy atom. The summed E-state index contributed by atoms with van der Waals surface area (Å²) in [5, 5.41) is 3.78. The molecular formula is C29H31BrCl2N2O3. The molecule has 5 nitrogen and oxygen atoms in total. The summed E-state index contributed by atoms with van der Waals surface area (Å²) in [6, 6.07) is 17.9. The van der Waals surface area contributed by atoms with Crippen LogP contribution < -0.4 is 10.1 Å². The van der Waals surface area contributed by atoms with Crippen LogP contribution in [0.4, 0.5) is 0 Å². The van der Waals surface area contributed by atoms with Crippen LogP contribution in [0.25, 0.3) is 0 Å². The van der Waals surface area contributed by atoms with Crippen LogP contribution in [-0.2, 0) is 22.6 Å². The normalized spacial score (nSPS) is 11.6. The minimum Gasteiger partial charge on any atom is -0.484 e. The van der Waals surface area contributed by atoms with Crippen LogP contribution >= 0.6 is 39.1 Å². The molecule has 0 aromatic heterocycles. The van der Waals surface area contributed by atoms with Crippen LogP contribution in [0.1, 0.15) is 35.6 Å². The van der Waals surface area contributed by atoms with Gasteiger partial charge in [-0.2, -0.15) is 0 Å². The van der Waals surface area contributed by atoms with Crippen LogP contribution in [-0.4, -0.2) is 35.9 Å². The van der Waals surface area contributed by atoms with E-state index in [2.05, 4.69) is 21.2 Å². The lowest BCUT2D eigenvalue weighted by atomic mass is 10.0. The molecule has 0 heterocycles. The maximum atomic E-state index is 13.7. The van der Waals surface area contributed by atoms with E-state index in [9.17, 15) is 9.59 Å². The number of benzene rings is 3. The Labute approximate surface area is 237 Å². The molecular weight excluding hydrogens is 575 g/mol. The molecule has 1 unspecified atom stereocenters. The third-order valence-corrected chi connectivity index (χ3v) is 7.92. The van der Waals surface area contributed by atoms with Gasteiger partial charge in [0.2, 0.25) is 5.91 Å². The van der Waals surface area contributed by atoms with Gasteiger partial charge in [-0.1, -0.05) is 82.5 Å². The fraction of sp³-hybridized carbons (Fsp3) is 0.310.